The Morgan fingerprint density at radius 2 is 1.76 bits per heavy atom. The van der Waals surface area contributed by atoms with Crippen LogP contribution in [-0.2, 0) is 26.4 Å². The lowest BCUT2D eigenvalue weighted by molar-refractivity contribution is 0.122. The zero-order valence-electron chi connectivity index (χ0n) is 20.6. The molecule has 3 heterocycles. The number of carbonyl (C=O) groups is 1. The number of nitrogens with one attached hydrogen (secondary N) is 2. The highest BCUT2D eigenvalue weighted by Crippen LogP contribution is 2.57. The first-order valence-corrected chi connectivity index (χ1v) is 14.0. The maximum atomic E-state index is 13.3. The van der Waals surface area contributed by atoms with Crippen LogP contribution >= 0.6 is 0 Å². The van der Waals surface area contributed by atoms with Crippen LogP contribution in [0.1, 0.15) is 31.4 Å². The second-order valence-corrected chi connectivity index (χ2v) is 12.4. The van der Waals surface area contributed by atoms with Crippen LogP contribution < -0.4 is 15.5 Å². The van der Waals surface area contributed by atoms with Gasteiger partial charge in [0.1, 0.15) is 10.6 Å². The molecule has 3 aromatic rings. The normalized spacial score (nSPS) is 18.9. The number of benzene rings is 1. The van der Waals surface area contributed by atoms with Gasteiger partial charge in [-0.25, -0.2) is 23.2 Å². The third kappa shape index (κ3) is 4.66. The lowest BCUT2D eigenvalue weighted by atomic mass is 10.1. The van der Waals surface area contributed by atoms with Crippen molar-refractivity contribution in [2.45, 2.75) is 35.7 Å². The van der Waals surface area contributed by atoms with E-state index in [1.54, 1.807) is 36.3 Å². The summed E-state index contributed by atoms with van der Waals surface area (Å²) >= 11 is 0. The molecule has 1 aliphatic heterocycles. The number of rotatable bonds is 7. The van der Waals surface area contributed by atoms with Crippen LogP contribution in [0.5, 0.6) is 0 Å². The molecule has 3 fully saturated rings. The van der Waals surface area contributed by atoms with E-state index in [-0.39, 0.29) is 11.3 Å². The maximum Gasteiger partial charge on any atom is 0.323 e. The highest BCUT2D eigenvalue weighted by atomic mass is 32.2. The minimum atomic E-state index is -3.29. The second kappa shape index (κ2) is 9.10. The lowest BCUT2D eigenvalue weighted by Gasteiger charge is -2.29. The van der Waals surface area contributed by atoms with Gasteiger partial charge >= 0.3 is 6.03 Å². The van der Waals surface area contributed by atoms with Crippen LogP contribution in [0.15, 0.2) is 42.7 Å². The Morgan fingerprint density at radius 1 is 1.05 bits per heavy atom. The van der Waals surface area contributed by atoms with Crippen LogP contribution in [0.3, 0.4) is 0 Å². The van der Waals surface area contributed by atoms with Crippen LogP contribution in [0.25, 0.3) is 11.4 Å². The minimum absolute atomic E-state index is 0.247. The van der Waals surface area contributed by atoms with Gasteiger partial charge in [-0.1, -0.05) is 0 Å². The largest absolute Gasteiger partial charge is 0.378 e. The molecule has 2 aliphatic carbocycles. The quantitative estimate of drug-likeness (QED) is 0.483. The third-order valence-electron chi connectivity index (χ3n) is 7.09. The average molecular weight is 524 g/mol. The predicted octanol–water partition coefficient (Wildman–Crippen LogP) is 2.92. The molecule has 194 valence electrons. The number of amides is 2. The van der Waals surface area contributed by atoms with Gasteiger partial charge in [-0.05, 0) is 49.9 Å². The molecule has 6 rings (SSSR count). The van der Waals surface area contributed by atoms with Crippen molar-refractivity contribution in [1.29, 1.82) is 0 Å². The number of carbonyl (C=O) groups excluding carboxylic acids is 1. The van der Waals surface area contributed by atoms with Gasteiger partial charge in [0.25, 0.3) is 0 Å². The molecule has 1 saturated heterocycles. The number of nitrogens with zero attached hydrogens (tertiary/aromatic N) is 5. The molecule has 3 aliphatic rings. The molecular weight excluding hydrogens is 494 g/mol. The molecule has 2 aromatic heterocycles. The van der Waals surface area contributed by atoms with Gasteiger partial charge in [-0.2, -0.15) is 5.10 Å². The van der Waals surface area contributed by atoms with Crippen molar-refractivity contribution in [2.75, 3.05) is 41.8 Å². The fraction of sp³-hybridized carbons (Fsp3) is 0.440. The number of aryl methyl sites for hydroxylation is 1. The number of morpholine rings is 1. The molecule has 1 aromatic carbocycles. The van der Waals surface area contributed by atoms with E-state index in [4.69, 9.17) is 14.7 Å². The van der Waals surface area contributed by atoms with E-state index in [2.05, 4.69) is 20.6 Å². The number of aromatic nitrogens is 4. The molecule has 12 heteroatoms. The summed E-state index contributed by atoms with van der Waals surface area (Å²) in [6.07, 6.45) is 5.94. The lowest BCUT2D eigenvalue weighted by Crippen LogP contribution is -2.37. The number of urea groups is 1. The first-order chi connectivity index (χ1) is 17.8. The van der Waals surface area contributed by atoms with Gasteiger partial charge in [0.05, 0.1) is 36.0 Å². The van der Waals surface area contributed by atoms with Gasteiger partial charge < -0.3 is 20.3 Å². The monoisotopic (exact) mass is 523 g/mol. The van der Waals surface area contributed by atoms with E-state index in [0.29, 0.717) is 62.0 Å². The zero-order chi connectivity index (χ0) is 25.6. The summed E-state index contributed by atoms with van der Waals surface area (Å²) in [5.74, 6) is 1.20. The summed E-state index contributed by atoms with van der Waals surface area (Å²) in [5.41, 5.74) is 2.52. The Morgan fingerprint density at radius 3 is 2.38 bits per heavy atom. The summed E-state index contributed by atoms with van der Waals surface area (Å²) in [6, 6.07) is 8.69. The second-order valence-electron chi connectivity index (χ2n) is 9.83. The summed E-state index contributed by atoms with van der Waals surface area (Å²) in [7, 11) is -1.52. The number of hydrogen-bond donors (Lipinski definition) is 2. The smallest absolute Gasteiger partial charge is 0.323 e. The van der Waals surface area contributed by atoms with Crippen molar-refractivity contribution < 1.29 is 17.9 Å². The van der Waals surface area contributed by atoms with Crippen molar-refractivity contribution in [1.82, 2.24) is 19.7 Å². The first-order valence-electron chi connectivity index (χ1n) is 12.5. The Kier molecular flexibility index (Phi) is 5.87. The molecule has 2 amide bonds. The summed E-state index contributed by atoms with van der Waals surface area (Å²) in [6.45, 7) is 2.57. The molecule has 0 unspecified atom stereocenters. The Labute approximate surface area is 215 Å². The number of hydrogen-bond acceptors (Lipinski definition) is 8. The van der Waals surface area contributed by atoms with Crippen molar-refractivity contribution >= 4 is 33.1 Å². The highest BCUT2D eigenvalue weighted by molar-refractivity contribution is 7.93. The van der Waals surface area contributed by atoms with Gasteiger partial charge in [0, 0.05) is 43.7 Å². The average Bonchev–Trinajstić information content (AvgIpc) is 3.82. The van der Waals surface area contributed by atoms with E-state index >= 15 is 0 Å². The predicted molar refractivity (Wildman–Crippen MR) is 139 cm³/mol. The zero-order valence-corrected chi connectivity index (χ0v) is 21.4. The molecule has 2 saturated carbocycles. The summed E-state index contributed by atoms with van der Waals surface area (Å²) in [4.78, 5) is 24.1. The fourth-order valence-corrected chi connectivity index (χ4v) is 7.19. The van der Waals surface area contributed by atoms with E-state index in [1.807, 2.05) is 18.2 Å². The number of anilines is 3. The summed E-state index contributed by atoms with van der Waals surface area (Å²) < 4.78 is 32.9. The van der Waals surface area contributed by atoms with Crippen LogP contribution in [-0.4, -0.2) is 65.8 Å². The maximum absolute atomic E-state index is 13.3. The standard InChI is InChI=1S/C25H29N7O4S/c1-31-16-19(15-26-31)28-24(33)27-18-4-2-17(3-5-18)23-29-21(14-22(30-23)32-10-12-36-13-11-32)25(8-9-25)37(34,35)20-6-7-20/h2-5,14-16,20H,6-13H2,1H3,(H2,27,28,33). The Balaban J connectivity index is 1.28. The highest BCUT2D eigenvalue weighted by Gasteiger charge is 2.61. The van der Waals surface area contributed by atoms with Crippen molar-refractivity contribution in [3.63, 3.8) is 0 Å². The van der Waals surface area contributed by atoms with E-state index in [1.165, 1.54) is 0 Å². The summed E-state index contributed by atoms with van der Waals surface area (Å²) in [5, 5.41) is 9.31. The van der Waals surface area contributed by atoms with E-state index in [9.17, 15) is 13.2 Å². The number of ether oxygens (including phenoxy) is 1. The molecule has 11 nitrogen and oxygen atoms in total. The van der Waals surface area contributed by atoms with E-state index in [0.717, 1.165) is 24.2 Å². The molecular formula is C25H29N7O4S. The van der Waals surface area contributed by atoms with Crippen molar-refractivity contribution in [3.8, 4) is 11.4 Å². The topological polar surface area (TPSA) is 131 Å². The fourth-order valence-electron chi connectivity index (χ4n) is 4.73. The minimum Gasteiger partial charge on any atom is -0.378 e. The first kappa shape index (κ1) is 23.9. The third-order valence-corrected chi connectivity index (χ3v) is 10.1. The SMILES string of the molecule is Cn1cc(NC(=O)Nc2ccc(-c3nc(N4CCOCC4)cc(C4(S(=O)(=O)C5CC5)CC4)n3)cc2)cn1. The molecule has 0 atom stereocenters. The molecule has 0 spiro atoms. The molecule has 0 radical (unpaired) electrons. The van der Waals surface area contributed by atoms with Crippen LogP contribution in [0.4, 0.5) is 22.0 Å². The Hall–Kier alpha value is -3.51. The van der Waals surface area contributed by atoms with Gasteiger partial charge in [-0.15, -0.1) is 0 Å². The Bertz CT molecular complexity index is 1420. The molecule has 37 heavy (non-hydrogen) atoms. The van der Waals surface area contributed by atoms with Crippen molar-refractivity contribution in [2.24, 2.45) is 7.05 Å². The number of sulfone groups is 1. The van der Waals surface area contributed by atoms with Gasteiger partial charge in [0.15, 0.2) is 15.7 Å². The van der Waals surface area contributed by atoms with Crippen LogP contribution in [0.2, 0.25) is 0 Å². The van der Waals surface area contributed by atoms with Gasteiger partial charge in [-0.3, -0.25) is 4.68 Å². The molecule has 2 N–H and O–H groups in total. The van der Waals surface area contributed by atoms with Crippen molar-refractivity contribution in [3.05, 3.63) is 48.4 Å². The van der Waals surface area contributed by atoms with E-state index < -0.39 is 14.6 Å². The molecule has 0 bridgehead atoms. The van der Waals surface area contributed by atoms with Crippen LogP contribution in [0, 0.1) is 0 Å². The van der Waals surface area contributed by atoms with Gasteiger partial charge in [0.2, 0.25) is 0 Å².